The maximum Gasteiger partial charge on any atom is 0.434 e. The summed E-state index contributed by atoms with van der Waals surface area (Å²) in [5.41, 5.74) is -1.49. The highest BCUT2D eigenvalue weighted by atomic mass is 19.4. The molecule has 9 nitrogen and oxygen atoms in total. The molecule has 0 aliphatic rings. The van der Waals surface area contributed by atoms with Crippen LogP contribution in [0.1, 0.15) is 33.3 Å². The number of ether oxygens (including phenoxy) is 4. The standard InChI is InChI=1S/C23H22F3N3O6/c1-5-35-22(31)16-12-27-29(20(16)23(24,25)26)14-8-6-13(7-9-14)28-21(30)15-10-11-17(32-2)19(34-4)18(15)33-3/h6-12H,5H2,1-4H3,(H,28,30). The maximum absolute atomic E-state index is 13.7. The first-order valence-electron chi connectivity index (χ1n) is 10.2. The molecule has 186 valence electrons. The van der Waals surface area contributed by atoms with E-state index in [1.807, 2.05) is 0 Å². The first-order valence-corrected chi connectivity index (χ1v) is 10.2. The minimum atomic E-state index is -4.87. The Morgan fingerprint density at radius 2 is 1.60 bits per heavy atom. The highest BCUT2D eigenvalue weighted by Gasteiger charge is 2.41. The highest BCUT2D eigenvalue weighted by Crippen LogP contribution is 2.40. The number of nitrogens with one attached hydrogen (secondary N) is 1. The number of hydrogen-bond acceptors (Lipinski definition) is 7. The maximum atomic E-state index is 13.7. The van der Waals surface area contributed by atoms with Gasteiger partial charge in [-0.25, -0.2) is 9.48 Å². The van der Waals surface area contributed by atoms with Gasteiger partial charge in [-0.3, -0.25) is 4.79 Å². The number of carbonyl (C=O) groups is 2. The molecule has 0 aliphatic carbocycles. The summed E-state index contributed by atoms with van der Waals surface area (Å²) in [5.74, 6) is -0.922. The number of carbonyl (C=O) groups excluding carboxylic acids is 2. The smallest absolute Gasteiger partial charge is 0.434 e. The average molecular weight is 493 g/mol. The summed E-state index contributed by atoms with van der Waals surface area (Å²) < 4.78 is 62.2. The van der Waals surface area contributed by atoms with Gasteiger partial charge in [0.2, 0.25) is 5.75 Å². The van der Waals surface area contributed by atoms with E-state index in [1.165, 1.54) is 64.7 Å². The lowest BCUT2D eigenvalue weighted by Gasteiger charge is -2.16. The SMILES string of the molecule is CCOC(=O)c1cnn(-c2ccc(NC(=O)c3ccc(OC)c(OC)c3OC)cc2)c1C(F)(F)F. The fourth-order valence-corrected chi connectivity index (χ4v) is 3.34. The van der Waals surface area contributed by atoms with Gasteiger partial charge in [-0.2, -0.15) is 18.3 Å². The van der Waals surface area contributed by atoms with Crippen molar-refractivity contribution in [3.8, 4) is 22.9 Å². The fraction of sp³-hybridized carbons (Fsp3) is 0.261. The van der Waals surface area contributed by atoms with Crippen LogP contribution in [-0.4, -0.2) is 49.6 Å². The normalized spacial score (nSPS) is 11.1. The summed E-state index contributed by atoms with van der Waals surface area (Å²) in [6.45, 7) is 1.40. The van der Waals surface area contributed by atoms with Gasteiger partial charge in [-0.15, -0.1) is 0 Å². The summed E-state index contributed by atoms with van der Waals surface area (Å²) >= 11 is 0. The predicted octanol–water partition coefficient (Wildman–Crippen LogP) is 4.35. The zero-order chi connectivity index (χ0) is 25.8. The predicted molar refractivity (Wildman–Crippen MR) is 119 cm³/mol. The number of amides is 1. The largest absolute Gasteiger partial charge is 0.493 e. The quantitative estimate of drug-likeness (QED) is 0.466. The van der Waals surface area contributed by atoms with Crippen molar-refractivity contribution in [2.45, 2.75) is 13.1 Å². The zero-order valence-electron chi connectivity index (χ0n) is 19.2. The third-order valence-electron chi connectivity index (χ3n) is 4.85. The summed E-state index contributed by atoms with van der Waals surface area (Å²) in [7, 11) is 4.21. The van der Waals surface area contributed by atoms with Crippen LogP contribution in [-0.2, 0) is 10.9 Å². The molecule has 0 fully saturated rings. The van der Waals surface area contributed by atoms with Crippen LogP contribution < -0.4 is 19.5 Å². The number of rotatable bonds is 8. The second-order valence-electron chi connectivity index (χ2n) is 6.92. The molecule has 1 N–H and O–H groups in total. The lowest BCUT2D eigenvalue weighted by molar-refractivity contribution is -0.143. The first kappa shape index (κ1) is 25.4. The third-order valence-corrected chi connectivity index (χ3v) is 4.85. The van der Waals surface area contributed by atoms with E-state index in [4.69, 9.17) is 18.9 Å². The summed E-state index contributed by atoms with van der Waals surface area (Å²) in [6.07, 6.45) is -4.06. The van der Waals surface area contributed by atoms with Crippen molar-refractivity contribution in [1.29, 1.82) is 0 Å². The van der Waals surface area contributed by atoms with Crippen molar-refractivity contribution in [3.05, 3.63) is 59.4 Å². The van der Waals surface area contributed by atoms with Gasteiger partial charge < -0.3 is 24.3 Å². The van der Waals surface area contributed by atoms with Gasteiger partial charge in [-0.1, -0.05) is 0 Å². The van der Waals surface area contributed by atoms with Gasteiger partial charge in [-0.05, 0) is 43.3 Å². The molecular weight excluding hydrogens is 471 g/mol. The van der Waals surface area contributed by atoms with E-state index >= 15 is 0 Å². The van der Waals surface area contributed by atoms with Crippen molar-refractivity contribution in [2.75, 3.05) is 33.3 Å². The number of nitrogens with zero attached hydrogens (tertiary/aromatic N) is 2. The van der Waals surface area contributed by atoms with Crippen LogP contribution >= 0.6 is 0 Å². The number of methoxy groups -OCH3 is 3. The van der Waals surface area contributed by atoms with Crippen molar-refractivity contribution < 1.29 is 41.7 Å². The molecule has 1 amide bonds. The van der Waals surface area contributed by atoms with Crippen molar-refractivity contribution in [2.24, 2.45) is 0 Å². The summed E-state index contributed by atoms with van der Waals surface area (Å²) in [4.78, 5) is 24.8. The third kappa shape index (κ3) is 5.15. The van der Waals surface area contributed by atoms with E-state index in [-0.39, 0.29) is 29.4 Å². The topological polar surface area (TPSA) is 101 Å². The van der Waals surface area contributed by atoms with Crippen LogP contribution in [0.2, 0.25) is 0 Å². The number of alkyl halides is 3. The van der Waals surface area contributed by atoms with Gasteiger partial charge >= 0.3 is 12.1 Å². The van der Waals surface area contributed by atoms with Crippen LogP contribution in [0.5, 0.6) is 17.2 Å². The molecule has 0 unspecified atom stereocenters. The van der Waals surface area contributed by atoms with Crippen LogP contribution in [0.15, 0.2) is 42.6 Å². The van der Waals surface area contributed by atoms with Gasteiger partial charge in [0.25, 0.3) is 5.91 Å². The minimum Gasteiger partial charge on any atom is -0.493 e. The molecule has 3 aromatic rings. The van der Waals surface area contributed by atoms with Crippen molar-refractivity contribution in [1.82, 2.24) is 9.78 Å². The number of halogens is 3. The van der Waals surface area contributed by atoms with Gasteiger partial charge in [0.15, 0.2) is 17.2 Å². The molecule has 2 aromatic carbocycles. The Hall–Kier alpha value is -4.22. The zero-order valence-corrected chi connectivity index (χ0v) is 19.2. The monoisotopic (exact) mass is 493 g/mol. The Labute approximate surface area is 198 Å². The van der Waals surface area contributed by atoms with E-state index in [0.717, 1.165) is 6.20 Å². The Balaban J connectivity index is 1.90. The van der Waals surface area contributed by atoms with Gasteiger partial charge in [0.1, 0.15) is 5.56 Å². The number of esters is 1. The lowest BCUT2D eigenvalue weighted by Crippen LogP contribution is -2.18. The first-order chi connectivity index (χ1) is 16.7. The fourth-order valence-electron chi connectivity index (χ4n) is 3.34. The molecule has 1 aromatic heterocycles. The molecule has 0 saturated heterocycles. The molecule has 1 heterocycles. The molecule has 0 saturated carbocycles. The van der Waals surface area contributed by atoms with Crippen LogP contribution in [0, 0.1) is 0 Å². The van der Waals surface area contributed by atoms with E-state index in [9.17, 15) is 22.8 Å². The van der Waals surface area contributed by atoms with Crippen molar-refractivity contribution in [3.63, 3.8) is 0 Å². The Morgan fingerprint density at radius 1 is 0.943 bits per heavy atom. The minimum absolute atomic E-state index is 0.0227. The number of benzene rings is 2. The second-order valence-corrected chi connectivity index (χ2v) is 6.92. The molecule has 12 heteroatoms. The number of aromatic nitrogens is 2. The molecule has 0 bridgehead atoms. The van der Waals surface area contributed by atoms with Gasteiger partial charge in [0.05, 0.1) is 45.4 Å². The molecule has 0 atom stereocenters. The lowest BCUT2D eigenvalue weighted by atomic mass is 10.1. The van der Waals surface area contributed by atoms with E-state index in [0.29, 0.717) is 16.1 Å². The van der Waals surface area contributed by atoms with Crippen molar-refractivity contribution >= 4 is 17.6 Å². The molecule has 0 aliphatic heterocycles. The van der Waals surface area contributed by atoms with Crippen LogP contribution in [0.25, 0.3) is 5.69 Å². The Kier molecular flexibility index (Phi) is 7.52. The summed E-state index contributed by atoms with van der Waals surface area (Å²) in [6, 6.07) is 8.45. The van der Waals surface area contributed by atoms with E-state index in [2.05, 4.69) is 10.4 Å². The molecule has 0 spiro atoms. The molecular formula is C23H22F3N3O6. The molecule has 0 radical (unpaired) electrons. The average Bonchev–Trinajstić information content (AvgIpc) is 3.29. The second kappa shape index (κ2) is 10.4. The molecule has 3 rings (SSSR count). The highest BCUT2D eigenvalue weighted by molar-refractivity contribution is 6.07. The number of hydrogen-bond donors (Lipinski definition) is 1. The molecule has 35 heavy (non-hydrogen) atoms. The van der Waals surface area contributed by atoms with E-state index < -0.39 is 29.3 Å². The van der Waals surface area contributed by atoms with Crippen LogP contribution in [0.4, 0.5) is 18.9 Å². The van der Waals surface area contributed by atoms with Gasteiger partial charge in [0, 0.05) is 5.69 Å². The Morgan fingerprint density at radius 3 is 2.14 bits per heavy atom. The number of anilines is 1. The van der Waals surface area contributed by atoms with Crippen LogP contribution in [0.3, 0.4) is 0 Å². The van der Waals surface area contributed by atoms with E-state index in [1.54, 1.807) is 0 Å². The Bertz CT molecular complexity index is 1220. The summed E-state index contributed by atoms with van der Waals surface area (Å²) in [5, 5.41) is 6.36.